The molecule has 22 heavy (non-hydrogen) atoms. The summed E-state index contributed by atoms with van der Waals surface area (Å²) in [6.45, 7) is 1.55. The predicted octanol–water partition coefficient (Wildman–Crippen LogP) is 3.03. The molecule has 1 aromatic heterocycles. The molecule has 0 N–H and O–H groups in total. The number of carbonyl (C=O) groups is 1. The van der Waals surface area contributed by atoms with Crippen LogP contribution in [0.15, 0.2) is 6.07 Å². The number of methoxy groups -OCH3 is 1. The molecule has 1 rings (SSSR count). The quantitative estimate of drug-likeness (QED) is 0.593. The van der Waals surface area contributed by atoms with Gasteiger partial charge in [-0.15, -0.1) is 13.2 Å². The molecule has 0 amide bonds. The van der Waals surface area contributed by atoms with Gasteiger partial charge in [-0.05, 0) is 6.92 Å². The maximum Gasteiger partial charge on any atom is 0.573 e. The highest BCUT2D eigenvalue weighted by Crippen LogP contribution is 2.39. The summed E-state index contributed by atoms with van der Waals surface area (Å²) in [6.07, 6.45) is -8.91. The molecule has 1 aromatic rings. The molecule has 10 heteroatoms. The van der Waals surface area contributed by atoms with Gasteiger partial charge in [-0.3, -0.25) is 4.79 Å². The van der Waals surface area contributed by atoms with Crippen LogP contribution in [-0.4, -0.2) is 31.0 Å². The van der Waals surface area contributed by atoms with Gasteiger partial charge in [0.25, 0.3) is 6.43 Å². The Morgan fingerprint density at radius 1 is 1.36 bits per heavy atom. The zero-order chi connectivity index (χ0) is 16.9. The lowest BCUT2D eigenvalue weighted by atomic mass is 10.2. The first-order valence-corrected chi connectivity index (χ1v) is 5.95. The smallest absolute Gasteiger partial charge is 0.491 e. The Balaban J connectivity index is 3.27. The number of hydrogen-bond acceptors (Lipinski definition) is 5. The lowest BCUT2D eigenvalue weighted by Crippen LogP contribution is -2.19. The predicted molar refractivity (Wildman–Crippen MR) is 62.8 cm³/mol. The number of pyridine rings is 1. The summed E-state index contributed by atoms with van der Waals surface area (Å²) in [7, 11) is 0.900. The molecule has 0 aromatic carbocycles. The summed E-state index contributed by atoms with van der Waals surface area (Å²) in [6, 6.07) is 0.703. The molecule has 5 nitrogen and oxygen atoms in total. The van der Waals surface area contributed by atoms with Gasteiger partial charge in [0, 0.05) is 6.07 Å². The number of esters is 1. The molecule has 0 saturated carbocycles. The Labute approximate surface area is 122 Å². The van der Waals surface area contributed by atoms with E-state index in [0.717, 1.165) is 7.11 Å². The van der Waals surface area contributed by atoms with E-state index in [1.807, 2.05) is 0 Å². The van der Waals surface area contributed by atoms with E-state index in [9.17, 15) is 26.7 Å². The summed E-state index contributed by atoms with van der Waals surface area (Å²) in [5.74, 6) is -2.67. The normalized spacial score (nSPS) is 11.5. The Morgan fingerprint density at radius 2 is 2.00 bits per heavy atom. The van der Waals surface area contributed by atoms with Crippen LogP contribution in [-0.2, 0) is 16.0 Å². The molecule has 0 bridgehead atoms. The highest BCUT2D eigenvalue weighted by atomic mass is 19.4. The maximum absolute atomic E-state index is 12.9. The molecular weight excluding hydrogens is 317 g/mol. The minimum atomic E-state index is -5.12. The molecule has 124 valence electrons. The van der Waals surface area contributed by atoms with Crippen LogP contribution in [0.3, 0.4) is 0 Å². The van der Waals surface area contributed by atoms with Gasteiger partial charge in [0.1, 0.15) is 0 Å². The maximum atomic E-state index is 12.9. The number of alkyl halides is 5. The monoisotopic (exact) mass is 329 g/mol. The van der Waals surface area contributed by atoms with Crippen molar-refractivity contribution < 1.29 is 41.0 Å². The fourth-order valence-corrected chi connectivity index (χ4v) is 1.58. The molecule has 0 aliphatic carbocycles. The number of aromatic nitrogens is 1. The molecular formula is C12H12F5NO4. The second-order valence-corrected chi connectivity index (χ2v) is 3.86. The van der Waals surface area contributed by atoms with Gasteiger partial charge < -0.3 is 14.2 Å². The number of nitrogens with zero attached hydrogens (tertiary/aromatic N) is 1. The first kappa shape index (κ1) is 17.9. The third-order valence-corrected chi connectivity index (χ3v) is 2.29. The SMILES string of the molecule is CCOC(=O)Cc1cc(OC(F)(F)F)c(OC)c(C(F)F)n1. The van der Waals surface area contributed by atoms with Crippen LogP contribution in [0, 0.1) is 0 Å². The topological polar surface area (TPSA) is 57.7 Å². The number of ether oxygens (including phenoxy) is 3. The van der Waals surface area contributed by atoms with E-state index in [2.05, 4.69) is 19.2 Å². The van der Waals surface area contributed by atoms with Gasteiger partial charge in [-0.1, -0.05) is 0 Å². The van der Waals surface area contributed by atoms with Gasteiger partial charge >= 0.3 is 12.3 Å². The summed E-state index contributed by atoms with van der Waals surface area (Å²) in [5.41, 5.74) is -1.41. The average molecular weight is 329 g/mol. The van der Waals surface area contributed by atoms with Crippen LogP contribution in [0.4, 0.5) is 22.0 Å². The van der Waals surface area contributed by atoms with Crippen LogP contribution in [0.2, 0.25) is 0 Å². The Kier molecular flexibility index (Phi) is 5.89. The van der Waals surface area contributed by atoms with E-state index in [-0.39, 0.29) is 12.3 Å². The molecule has 0 aliphatic heterocycles. The molecule has 0 fully saturated rings. The van der Waals surface area contributed by atoms with E-state index >= 15 is 0 Å². The van der Waals surface area contributed by atoms with E-state index in [4.69, 9.17) is 0 Å². The van der Waals surface area contributed by atoms with Crippen LogP contribution < -0.4 is 9.47 Å². The van der Waals surface area contributed by atoms with Crippen LogP contribution in [0.5, 0.6) is 11.5 Å². The molecule has 1 heterocycles. The number of rotatable bonds is 6. The standard InChI is InChI=1S/C12H12F5NO4/c1-3-21-8(19)5-6-4-7(22-12(15,16)17)10(20-2)9(18-6)11(13)14/h4,11H,3,5H2,1-2H3. The zero-order valence-electron chi connectivity index (χ0n) is 11.5. The van der Waals surface area contributed by atoms with Crippen LogP contribution in [0.1, 0.15) is 24.7 Å². The summed E-state index contributed by atoms with van der Waals surface area (Å²) in [4.78, 5) is 14.7. The third-order valence-electron chi connectivity index (χ3n) is 2.29. The minimum Gasteiger partial charge on any atom is -0.491 e. The largest absolute Gasteiger partial charge is 0.573 e. The lowest BCUT2D eigenvalue weighted by Gasteiger charge is -2.16. The van der Waals surface area contributed by atoms with Crippen molar-refractivity contribution in [2.24, 2.45) is 0 Å². The summed E-state index contributed by atoms with van der Waals surface area (Å²) < 4.78 is 75.5. The Hall–Kier alpha value is -2.13. The van der Waals surface area contributed by atoms with E-state index < -0.39 is 42.4 Å². The molecule has 0 radical (unpaired) electrons. The first-order chi connectivity index (χ1) is 10.2. The van der Waals surface area contributed by atoms with Gasteiger partial charge in [0.15, 0.2) is 17.2 Å². The molecule has 0 saturated heterocycles. The second-order valence-electron chi connectivity index (χ2n) is 3.86. The molecule has 0 atom stereocenters. The number of halogens is 5. The zero-order valence-corrected chi connectivity index (χ0v) is 11.5. The van der Waals surface area contributed by atoms with Crippen LogP contribution in [0.25, 0.3) is 0 Å². The second kappa shape index (κ2) is 7.23. The fraction of sp³-hybridized carbons (Fsp3) is 0.500. The summed E-state index contributed by atoms with van der Waals surface area (Å²) >= 11 is 0. The summed E-state index contributed by atoms with van der Waals surface area (Å²) in [5, 5.41) is 0. The number of carbonyl (C=O) groups excluding carboxylic acids is 1. The Bertz CT molecular complexity index is 533. The lowest BCUT2D eigenvalue weighted by molar-refractivity contribution is -0.275. The average Bonchev–Trinajstić information content (AvgIpc) is 2.36. The van der Waals surface area contributed by atoms with E-state index in [1.54, 1.807) is 0 Å². The number of hydrogen-bond donors (Lipinski definition) is 0. The van der Waals surface area contributed by atoms with Crippen LogP contribution >= 0.6 is 0 Å². The molecule has 0 aliphatic rings. The minimum absolute atomic E-state index is 0.0304. The van der Waals surface area contributed by atoms with Gasteiger partial charge in [-0.2, -0.15) is 0 Å². The van der Waals surface area contributed by atoms with Crippen molar-refractivity contribution >= 4 is 5.97 Å². The van der Waals surface area contributed by atoms with E-state index in [1.165, 1.54) is 6.92 Å². The van der Waals surface area contributed by atoms with Crippen molar-refractivity contribution in [1.82, 2.24) is 4.98 Å². The van der Waals surface area contributed by atoms with Crippen molar-refractivity contribution in [2.45, 2.75) is 26.1 Å². The first-order valence-electron chi connectivity index (χ1n) is 5.95. The van der Waals surface area contributed by atoms with Crippen molar-refractivity contribution in [2.75, 3.05) is 13.7 Å². The Morgan fingerprint density at radius 3 is 2.45 bits per heavy atom. The highest BCUT2D eigenvalue weighted by Gasteiger charge is 2.34. The van der Waals surface area contributed by atoms with Crippen molar-refractivity contribution in [3.63, 3.8) is 0 Å². The third kappa shape index (κ3) is 5.01. The van der Waals surface area contributed by atoms with Gasteiger partial charge in [-0.25, -0.2) is 13.8 Å². The van der Waals surface area contributed by atoms with Crippen molar-refractivity contribution in [3.05, 3.63) is 17.5 Å². The fourth-order valence-electron chi connectivity index (χ4n) is 1.58. The highest BCUT2D eigenvalue weighted by molar-refractivity contribution is 5.72. The molecule has 0 spiro atoms. The van der Waals surface area contributed by atoms with Crippen molar-refractivity contribution in [3.8, 4) is 11.5 Å². The van der Waals surface area contributed by atoms with E-state index in [0.29, 0.717) is 6.07 Å². The van der Waals surface area contributed by atoms with Gasteiger partial charge in [0.2, 0.25) is 0 Å². The molecule has 0 unspecified atom stereocenters. The van der Waals surface area contributed by atoms with Crippen molar-refractivity contribution in [1.29, 1.82) is 0 Å². The van der Waals surface area contributed by atoms with Gasteiger partial charge in [0.05, 0.1) is 25.8 Å².